The van der Waals surface area contributed by atoms with E-state index in [1.54, 1.807) is 0 Å². The Bertz CT molecular complexity index is 804. The molecule has 1 aromatic carbocycles. The monoisotopic (exact) mass is 313 g/mol. The zero-order chi connectivity index (χ0) is 14.9. The van der Waals surface area contributed by atoms with E-state index in [1.165, 1.54) is 17.8 Å². The Labute approximate surface area is 131 Å². The molecule has 0 radical (unpaired) electrons. The number of nitrogens with zero attached hydrogens (tertiary/aromatic N) is 2. The average Bonchev–Trinajstić information content (AvgIpc) is 3.04. The van der Waals surface area contributed by atoms with Crippen LogP contribution in [0.3, 0.4) is 0 Å². The number of para-hydroxylation sites is 1. The van der Waals surface area contributed by atoms with Gasteiger partial charge in [-0.1, -0.05) is 35.0 Å². The van der Waals surface area contributed by atoms with Crippen molar-refractivity contribution in [3.05, 3.63) is 41.3 Å². The van der Waals surface area contributed by atoms with Crippen LogP contribution in [0.25, 0.3) is 10.2 Å². The first kappa shape index (κ1) is 13.5. The van der Waals surface area contributed by atoms with Crippen molar-refractivity contribution >= 4 is 32.6 Å². The van der Waals surface area contributed by atoms with Gasteiger partial charge in [0.25, 0.3) is 5.91 Å². The molecule has 22 heavy (non-hydrogen) atoms. The number of hydrogen-bond donors (Lipinski definition) is 1. The van der Waals surface area contributed by atoms with Gasteiger partial charge in [-0.05, 0) is 31.4 Å². The molecule has 0 bridgehead atoms. The topological polar surface area (TPSA) is 68.0 Å². The SMILES string of the molecule is O=C(Nc1nc2ccccc2s1)c1noc2c1CCCCC2. The molecule has 0 aliphatic heterocycles. The number of aryl methyl sites for hydroxylation is 1. The molecule has 0 saturated heterocycles. The summed E-state index contributed by atoms with van der Waals surface area (Å²) >= 11 is 1.46. The maximum absolute atomic E-state index is 12.5. The predicted molar refractivity (Wildman–Crippen MR) is 85.3 cm³/mol. The van der Waals surface area contributed by atoms with Crippen molar-refractivity contribution in [2.75, 3.05) is 5.32 Å². The highest BCUT2D eigenvalue weighted by Gasteiger charge is 2.23. The third-order valence-electron chi connectivity index (χ3n) is 3.93. The number of aromatic nitrogens is 2. The van der Waals surface area contributed by atoms with Gasteiger partial charge in [0, 0.05) is 12.0 Å². The second-order valence-electron chi connectivity index (χ2n) is 5.43. The van der Waals surface area contributed by atoms with E-state index in [9.17, 15) is 4.79 Å². The molecule has 4 rings (SSSR count). The van der Waals surface area contributed by atoms with Gasteiger partial charge in [-0.25, -0.2) is 4.98 Å². The zero-order valence-corrected chi connectivity index (χ0v) is 12.8. The van der Waals surface area contributed by atoms with E-state index in [-0.39, 0.29) is 5.91 Å². The van der Waals surface area contributed by atoms with E-state index in [0.717, 1.165) is 47.2 Å². The molecular weight excluding hydrogens is 298 g/mol. The lowest BCUT2D eigenvalue weighted by atomic mass is 10.1. The molecule has 6 heteroatoms. The number of anilines is 1. The molecule has 2 heterocycles. The number of hydrogen-bond acceptors (Lipinski definition) is 5. The van der Waals surface area contributed by atoms with E-state index in [2.05, 4.69) is 15.5 Å². The number of amides is 1. The van der Waals surface area contributed by atoms with Gasteiger partial charge in [-0.2, -0.15) is 0 Å². The van der Waals surface area contributed by atoms with Crippen molar-refractivity contribution < 1.29 is 9.32 Å². The maximum Gasteiger partial charge on any atom is 0.279 e. The smallest absolute Gasteiger partial charge is 0.279 e. The minimum Gasteiger partial charge on any atom is -0.360 e. The molecule has 0 spiro atoms. The summed E-state index contributed by atoms with van der Waals surface area (Å²) in [5.74, 6) is 0.637. The van der Waals surface area contributed by atoms with Crippen LogP contribution in [0.2, 0.25) is 0 Å². The van der Waals surface area contributed by atoms with Crippen LogP contribution >= 0.6 is 11.3 Å². The molecule has 1 amide bonds. The highest BCUT2D eigenvalue weighted by atomic mass is 32.1. The summed E-state index contributed by atoms with van der Waals surface area (Å²) in [5.41, 5.74) is 2.27. The van der Waals surface area contributed by atoms with E-state index in [0.29, 0.717) is 10.8 Å². The molecule has 2 aromatic heterocycles. The number of carbonyl (C=O) groups is 1. The average molecular weight is 313 g/mol. The second-order valence-corrected chi connectivity index (χ2v) is 6.47. The summed E-state index contributed by atoms with van der Waals surface area (Å²) in [5, 5.41) is 7.42. The van der Waals surface area contributed by atoms with E-state index < -0.39 is 0 Å². The molecule has 1 aliphatic rings. The summed E-state index contributed by atoms with van der Waals surface area (Å²) < 4.78 is 6.41. The first-order valence-electron chi connectivity index (χ1n) is 7.45. The van der Waals surface area contributed by atoms with Crippen molar-refractivity contribution in [3.8, 4) is 0 Å². The number of nitrogens with one attached hydrogen (secondary N) is 1. The third-order valence-corrected chi connectivity index (χ3v) is 4.88. The lowest BCUT2D eigenvalue weighted by Gasteiger charge is -2.00. The number of thiazole rings is 1. The quantitative estimate of drug-likeness (QED) is 0.731. The van der Waals surface area contributed by atoms with Gasteiger partial charge in [0.1, 0.15) is 5.76 Å². The van der Waals surface area contributed by atoms with Crippen LogP contribution in [0.15, 0.2) is 28.8 Å². The van der Waals surface area contributed by atoms with Gasteiger partial charge in [0.05, 0.1) is 10.2 Å². The molecular formula is C16H15N3O2S. The predicted octanol–water partition coefficient (Wildman–Crippen LogP) is 3.81. The van der Waals surface area contributed by atoms with Gasteiger partial charge in [0.15, 0.2) is 10.8 Å². The highest BCUT2D eigenvalue weighted by molar-refractivity contribution is 7.22. The minimum atomic E-state index is -0.231. The standard InChI is InChI=1S/C16H15N3O2S/c20-15(14-10-6-2-1-3-8-12(10)21-19-14)18-16-17-11-7-4-5-9-13(11)22-16/h4-5,7,9H,1-3,6,8H2,(H,17,18,20). The Morgan fingerprint density at radius 3 is 2.95 bits per heavy atom. The molecule has 0 fully saturated rings. The van der Waals surface area contributed by atoms with Crippen LogP contribution in [0.5, 0.6) is 0 Å². The van der Waals surface area contributed by atoms with Crippen molar-refractivity contribution in [2.24, 2.45) is 0 Å². The summed E-state index contributed by atoms with van der Waals surface area (Å²) in [6, 6.07) is 7.82. The van der Waals surface area contributed by atoms with Gasteiger partial charge < -0.3 is 4.52 Å². The molecule has 5 nitrogen and oxygen atoms in total. The Hall–Kier alpha value is -2.21. The van der Waals surface area contributed by atoms with Crippen LogP contribution in [-0.4, -0.2) is 16.0 Å². The van der Waals surface area contributed by atoms with Crippen LogP contribution in [0, 0.1) is 0 Å². The Balaban J connectivity index is 1.61. The first-order valence-corrected chi connectivity index (χ1v) is 8.27. The van der Waals surface area contributed by atoms with Gasteiger partial charge >= 0.3 is 0 Å². The highest BCUT2D eigenvalue weighted by Crippen LogP contribution is 2.27. The van der Waals surface area contributed by atoms with Crippen molar-refractivity contribution in [3.63, 3.8) is 0 Å². The summed E-state index contributed by atoms with van der Waals surface area (Å²) in [6.07, 6.45) is 5.08. The van der Waals surface area contributed by atoms with Crippen molar-refractivity contribution in [1.82, 2.24) is 10.1 Å². The normalized spacial score (nSPS) is 14.5. The van der Waals surface area contributed by atoms with E-state index in [4.69, 9.17) is 4.52 Å². The Kier molecular flexibility index (Phi) is 3.38. The van der Waals surface area contributed by atoms with Gasteiger partial charge in [0.2, 0.25) is 0 Å². The van der Waals surface area contributed by atoms with E-state index >= 15 is 0 Å². The third kappa shape index (κ3) is 2.39. The fourth-order valence-corrected chi connectivity index (χ4v) is 3.68. The molecule has 3 aromatic rings. The largest absolute Gasteiger partial charge is 0.360 e. The lowest BCUT2D eigenvalue weighted by Crippen LogP contribution is -2.14. The summed E-state index contributed by atoms with van der Waals surface area (Å²) in [4.78, 5) is 16.9. The number of fused-ring (bicyclic) bond motifs is 2. The molecule has 0 unspecified atom stereocenters. The molecule has 0 atom stereocenters. The fourth-order valence-electron chi connectivity index (χ4n) is 2.82. The Morgan fingerprint density at radius 1 is 1.18 bits per heavy atom. The zero-order valence-electron chi connectivity index (χ0n) is 12.0. The molecule has 1 N–H and O–H groups in total. The van der Waals surface area contributed by atoms with Crippen molar-refractivity contribution in [2.45, 2.75) is 32.1 Å². The minimum absolute atomic E-state index is 0.231. The molecule has 112 valence electrons. The number of rotatable bonds is 2. The molecule has 1 aliphatic carbocycles. The summed E-state index contributed by atoms with van der Waals surface area (Å²) in [7, 11) is 0. The number of carbonyl (C=O) groups excluding carboxylic acids is 1. The molecule has 0 saturated carbocycles. The fraction of sp³-hybridized carbons (Fsp3) is 0.312. The summed E-state index contributed by atoms with van der Waals surface area (Å²) in [6.45, 7) is 0. The maximum atomic E-state index is 12.5. The van der Waals surface area contributed by atoms with E-state index in [1.807, 2.05) is 24.3 Å². The first-order chi connectivity index (χ1) is 10.8. The van der Waals surface area contributed by atoms with Crippen LogP contribution in [0.1, 0.15) is 41.1 Å². The van der Waals surface area contributed by atoms with Gasteiger partial charge in [-0.3, -0.25) is 10.1 Å². The van der Waals surface area contributed by atoms with Crippen LogP contribution in [-0.2, 0) is 12.8 Å². The van der Waals surface area contributed by atoms with Gasteiger partial charge in [-0.15, -0.1) is 0 Å². The van der Waals surface area contributed by atoms with Crippen LogP contribution in [0.4, 0.5) is 5.13 Å². The number of benzene rings is 1. The Morgan fingerprint density at radius 2 is 2.05 bits per heavy atom. The van der Waals surface area contributed by atoms with Crippen molar-refractivity contribution in [1.29, 1.82) is 0 Å². The lowest BCUT2D eigenvalue weighted by molar-refractivity contribution is 0.101. The second kappa shape index (κ2) is 5.53. The van der Waals surface area contributed by atoms with Crippen LogP contribution < -0.4 is 5.32 Å².